The van der Waals surface area contributed by atoms with Crippen molar-refractivity contribution in [2.75, 3.05) is 7.11 Å². The number of Topliss-reactive ketones (excluding diaryl/α,β-unsaturated/α-hetero) is 1. The zero-order chi connectivity index (χ0) is 14.7. The molecule has 0 heterocycles. The van der Waals surface area contributed by atoms with Gasteiger partial charge in [0, 0.05) is 22.5 Å². The summed E-state index contributed by atoms with van der Waals surface area (Å²) < 4.78 is 6.60. The second-order valence-electron chi connectivity index (χ2n) is 4.98. The highest BCUT2D eigenvalue weighted by molar-refractivity contribution is 9.10. The van der Waals surface area contributed by atoms with Gasteiger partial charge < -0.3 is 15.3 Å². The molecule has 0 amide bonds. The summed E-state index contributed by atoms with van der Waals surface area (Å²) in [6, 6.07) is -0.186. The molecule has 3 nitrogen and oxygen atoms in total. The van der Waals surface area contributed by atoms with E-state index in [1.165, 1.54) is 0 Å². The van der Waals surface area contributed by atoms with Crippen molar-refractivity contribution in [1.82, 2.24) is 0 Å². The minimum Gasteiger partial charge on any atom is -0.496 e. The Hall–Kier alpha value is -0.870. The molecule has 1 atom stereocenters. The lowest BCUT2D eigenvalue weighted by Crippen LogP contribution is -2.16. The van der Waals surface area contributed by atoms with Crippen LogP contribution in [0, 0.1) is 20.8 Å². The summed E-state index contributed by atoms with van der Waals surface area (Å²) in [5.41, 5.74) is 10.6. The number of carbonyl (C=O) groups excluding carboxylic acids is 1. The van der Waals surface area contributed by atoms with Crippen molar-refractivity contribution in [1.29, 1.82) is 0 Å². The van der Waals surface area contributed by atoms with Crippen LogP contribution in [0.25, 0.3) is 0 Å². The van der Waals surface area contributed by atoms with E-state index in [1.807, 2.05) is 13.8 Å². The molecule has 19 heavy (non-hydrogen) atoms. The molecule has 0 aromatic heterocycles. The monoisotopic (exact) mass is 327 g/mol. The van der Waals surface area contributed by atoms with Crippen LogP contribution in [0.3, 0.4) is 0 Å². The average molecular weight is 328 g/mol. The van der Waals surface area contributed by atoms with Crippen LogP contribution >= 0.6 is 15.9 Å². The number of ketones is 1. The van der Waals surface area contributed by atoms with Crippen molar-refractivity contribution < 1.29 is 9.53 Å². The number of carbonyl (C=O) groups is 1. The Labute approximate surface area is 123 Å². The van der Waals surface area contributed by atoms with Gasteiger partial charge in [-0.25, -0.2) is 0 Å². The zero-order valence-electron chi connectivity index (χ0n) is 12.3. The van der Waals surface area contributed by atoms with Crippen molar-refractivity contribution in [2.45, 2.75) is 46.6 Å². The molecule has 0 fully saturated rings. The number of benzene rings is 1. The highest BCUT2D eigenvalue weighted by atomic mass is 79.9. The van der Waals surface area contributed by atoms with E-state index in [0.717, 1.165) is 32.5 Å². The first-order valence-electron chi connectivity index (χ1n) is 6.39. The Morgan fingerprint density at radius 1 is 1.26 bits per heavy atom. The maximum Gasteiger partial charge on any atom is 0.129 e. The van der Waals surface area contributed by atoms with Gasteiger partial charge in [-0.1, -0.05) is 15.9 Å². The number of methoxy groups -OCH3 is 1. The fourth-order valence-electron chi connectivity index (χ4n) is 2.32. The molecule has 0 bridgehead atoms. The first-order chi connectivity index (χ1) is 8.81. The number of hydrogen-bond donors (Lipinski definition) is 1. The van der Waals surface area contributed by atoms with Crippen LogP contribution in [0.2, 0.25) is 0 Å². The predicted octanol–water partition coefficient (Wildman–Crippen LogP) is 3.75. The fourth-order valence-corrected chi connectivity index (χ4v) is 2.83. The second-order valence-corrected chi connectivity index (χ2v) is 5.78. The lowest BCUT2D eigenvalue weighted by molar-refractivity contribution is -0.117. The molecule has 0 spiro atoms. The van der Waals surface area contributed by atoms with Crippen molar-refractivity contribution in [3.8, 4) is 5.75 Å². The molecule has 0 aliphatic carbocycles. The summed E-state index contributed by atoms with van der Waals surface area (Å²) in [4.78, 5) is 11.1. The Bertz CT molecular complexity index is 498. The van der Waals surface area contributed by atoms with Gasteiger partial charge in [0.1, 0.15) is 11.5 Å². The van der Waals surface area contributed by atoms with E-state index in [2.05, 4.69) is 22.9 Å². The molecule has 1 aromatic rings. The highest BCUT2D eigenvalue weighted by Crippen LogP contribution is 2.39. The normalized spacial score (nSPS) is 12.4. The van der Waals surface area contributed by atoms with Crippen molar-refractivity contribution >= 4 is 21.7 Å². The minimum absolute atomic E-state index is 0.162. The van der Waals surface area contributed by atoms with Crippen LogP contribution < -0.4 is 10.5 Å². The maximum absolute atomic E-state index is 11.1. The summed E-state index contributed by atoms with van der Waals surface area (Å²) in [5.74, 6) is 1.00. The number of hydrogen-bond acceptors (Lipinski definition) is 3. The van der Waals surface area contributed by atoms with Crippen LogP contribution in [0.15, 0.2) is 4.47 Å². The predicted molar refractivity (Wildman–Crippen MR) is 81.7 cm³/mol. The molecular formula is C15H22BrNO2. The van der Waals surface area contributed by atoms with Crippen LogP contribution in [0.4, 0.5) is 0 Å². The molecular weight excluding hydrogens is 306 g/mol. The van der Waals surface area contributed by atoms with E-state index in [4.69, 9.17) is 10.5 Å². The molecule has 2 N–H and O–H groups in total. The molecule has 0 radical (unpaired) electrons. The standard InChI is InChI=1S/C15H22BrNO2/c1-8(18)6-7-12(17)13-11(4)14(16)9(2)10(3)15(13)19-5/h12H,6-7,17H2,1-5H3. The third kappa shape index (κ3) is 3.37. The van der Waals surface area contributed by atoms with E-state index in [-0.39, 0.29) is 11.8 Å². The van der Waals surface area contributed by atoms with Gasteiger partial charge in [-0.2, -0.15) is 0 Å². The lowest BCUT2D eigenvalue weighted by atomic mass is 9.92. The van der Waals surface area contributed by atoms with Gasteiger partial charge in [-0.3, -0.25) is 0 Å². The van der Waals surface area contributed by atoms with Gasteiger partial charge in [0.25, 0.3) is 0 Å². The maximum atomic E-state index is 11.1. The highest BCUT2D eigenvalue weighted by Gasteiger charge is 2.21. The van der Waals surface area contributed by atoms with E-state index < -0.39 is 0 Å². The topological polar surface area (TPSA) is 52.3 Å². The number of rotatable bonds is 5. The Morgan fingerprint density at radius 2 is 1.84 bits per heavy atom. The number of halogens is 1. The SMILES string of the molecule is COc1c(C)c(C)c(Br)c(C)c1C(N)CCC(C)=O. The van der Waals surface area contributed by atoms with E-state index in [0.29, 0.717) is 12.8 Å². The Kier molecular flexibility index (Phi) is 5.56. The molecule has 0 saturated carbocycles. The molecule has 0 aliphatic heterocycles. The van der Waals surface area contributed by atoms with Crippen LogP contribution in [-0.4, -0.2) is 12.9 Å². The summed E-state index contributed by atoms with van der Waals surface area (Å²) in [6.45, 7) is 7.70. The lowest BCUT2D eigenvalue weighted by Gasteiger charge is -2.23. The summed E-state index contributed by atoms with van der Waals surface area (Å²) >= 11 is 3.61. The third-order valence-corrected chi connectivity index (χ3v) is 4.78. The third-order valence-electron chi connectivity index (χ3n) is 3.59. The molecule has 0 aliphatic rings. The van der Waals surface area contributed by atoms with Crippen LogP contribution in [-0.2, 0) is 4.79 Å². The second kappa shape index (κ2) is 6.53. The average Bonchev–Trinajstić information content (AvgIpc) is 2.37. The first-order valence-corrected chi connectivity index (χ1v) is 7.18. The smallest absolute Gasteiger partial charge is 0.129 e. The van der Waals surface area contributed by atoms with Gasteiger partial charge >= 0.3 is 0 Å². The van der Waals surface area contributed by atoms with Crippen molar-refractivity contribution in [3.05, 3.63) is 26.7 Å². The minimum atomic E-state index is -0.186. The van der Waals surface area contributed by atoms with Crippen LogP contribution in [0.1, 0.15) is 48.1 Å². The molecule has 4 heteroatoms. The molecule has 106 valence electrons. The molecule has 1 rings (SSSR count). The van der Waals surface area contributed by atoms with Crippen molar-refractivity contribution in [3.63, 3.8) is 0 Å². The fraction of sp³-hybridized carbons (Fsp3) is 0.533. The Morgan fingerprint density at radius 3 is 2.32 bits per heavy atom. The number of ether oxygens (including phenoxy) is 1. The summed E-state index contributed by atoms with van der Waals surface area (Å²) in [6.07, 6.45) is 1.13. The van der Waals surface area contributed by atoms with E-state index >= 15 is 0 Å². The molecule has 1 unspecified atom stereocenters. The summed E-state index contributed by atoms with van der Waals surface area (Å²) in [7, 11) is 1.66. The van der Waals surface area contributed by atoms with E-state index in [9.17, 15) is 4.79 Å². The Balaban J connectivity index is 3.29. The van der Waals surface area contributed by atoms with Gasteiger partial charge in [-0.05, 0) is 50.8 Å². The van der Waals surface area contributed by atoms with Gasteiger partial charge in [0.2, 0.25) is 0 Å². The van der Waals surface area contributed by atoms with Gasteiger partial charge in [0.05, 0.1) is 7.11 Å². The van der Waals surface area contributed by atoms with E-state index in [1.54, 1.807) is 14.0 Å². The molecule has 0 saturated heterocycles. The van der Waals surface area contributed by atoms with Crippen LogP contribution in [0.5, 0.6) is 5.75 Å². The van der Waals surface area contributed by atoms with Gasteiger partial charge in [-0.15, -0.1) is 0 Å². The quantitative estimate of drug-likeness (QED) is 0.895. The van der Waals surface area contributed by atoms with Gasteiger partial charge in [0.15, 0.2) is 0 Å². The first kappa shape index (κ1) is 16.2. The molecule has 1 aromatic carbocycles. The summed E-state index contributed by atoms with van der Waals surface area (Å²) in [5, 5.41) is 0. The zero-order valence-corrected chi connectivity index (χ0v) is 13.8. The number of nitrogens with two attached hydrogens (primary N) is 1. The largest absolute Gasteiger partial charge is 0.496 e. The van der Waals surface area contributed by atoms with Crippen molar-refractivity contribution in [2.24, 2.45) is 5.73 Å².